The molecule has 0 bridgehead atoms. The van der Waals surface area contributed by atoms with Crippen molar-refractivity contribution >= 4 is 5.91 Å². The van der Waals surface area contributed by atoms with Crippen LogP contribution in [0.2, 0.25) is 0 Å². The van der Waals surface area contributed by atoms with Crippen LogP contribution in [0.25, 0.3) is 0 Å². The molecule has 0 spiro atoms. The van der Waals surface area contributed by atoms with Crippen molar-refractivity contribution in [3.8, 4) is 0 Å². The van der Waals surface area contributed by atoms with Crippen molar-refractivity contribution in [1.82, 2.24) is 4.90 Å². The lowest BCUT2D eigenvalue weighted by Crippen LogP contribution is -2.62. The van der Waals surface area contributed by atoms with E-state index in [0.29, 0.717) is 19.4 Å². The normalized spacial score (nSPS) is 37.3. The van der Waals surface area contributed by atoms with Gasteiger partial charge in [-0.1, -0.05) is 0 Å². The van der Waals surface area contributed by atoms with Gasteiger partial charge in [-0.3, -0.25) is 4.79 Å². The zero-order valence-corrected chi connectivity index (χ0v) is 11.4. The third-order valence-electron chi connectivity index (χ3n) is 4.87. The van der Waals surface area contributed by atoms with E-state index in [4.69, 9.17) is 9.47 Å². The molecule has 0 aromatic heterocycles. The van der Waals surface area contributed by atoms with Crippen molar-refractivity contribution in [2.75, 3.05) is 26.8 Å². The zero-order chi connectivity index (χ0) is 14.4. The highest BCUT2D eigenvalue weighted by Gasteiger charge is 2.66. The van der Waals surface area contributed by atoms with Gasteiger partial charge in [-0.25, -0.2) is 0 Å². The summed E-state index contributed by atoms with van der Waals surface area (Å²) in [6.07, 6.45) is 2.40. The summed E-state index contributed by atoms with van der Waals surface area (Å²) in [6.45, 7) is -1.82. The summed E-state index contributed by atoms with van der Waals surface area (Å²) in [6, 6.07) is 0. The summed E-state index contributed by atoms with van der Waals surface area (Å²) < 4.78 is 39.9. The van der Waals surface area contributed by atoms with Crippen LogP contribution in [0, 0.1) is 5.41 Å². The van der Waals surface area contributed by atoms with Gasteiger partial charge in [-0.15, -0.1) is 0 Å². The fourth-order valence-electron chi connectivity index (χ4n) is 3.84. The van der Waals surface area contributed by atoms with Gasteiger partial charge in [-0.05, 0) is 19.3 Å². The first-order chi connectivity index (χ1) is 9.53. The minimum absolute atomic E-state index is 0.0385. The maximum atomic E-state index is 12.7. The molecule has 3 fully saturated rings. The quantitative estimate of drug-likeness (QED) is 0.785. The number of hydrogen-bond acceptors (Lipinski definition) is 4. The Labute approximate surface area is 116 Å². The topological polar surface area (TPSA) is 48.0 Å². The molecule has 3 aliphatic rings. The van der Waals surface area contributed by atoms with E-state index < -0.39 is 23.9 Å². The van der Waals surface area contributed by atoms with Gasteiger partial charge in [0.25, 0.3) is 0 Å². The standard InChI is InChI=1S/C13H19F2NO4/c1-18-13-4-2-3-12(13,5-6-19-13)10(17)16-7-9(8-16)20-11(14)15/h9,11H,2-8H2,1H3/t12-,13-/m0/s1. The van der Waals surface area contributed by atoms with Gasteiger partial charge in [0.1, 0.15) is 5.41 Å². The van der Waals surface area contributed by atoms with Crippen molar-refractivity contribution in [3.63, 3.8) is 0 Å². The maximum Gasteiger partial charge on any atom is 0.345 e. The molecule has 3 rings (SSSR count). The second-order valence-electron chi connectivity index (χ2n) is 5.72. The molecule has 7 heteroatoms. The van der Waals surface area contributed by atoms with Gasteiger partial charge in [0.15, 0.2) is 5.79 Å². The number of likely N-dealkylation sites (tertiary alicyclic amines) is 1. The second-order valence-corrected chi connectivity index (χ2v) is 5.72. The first-order valence-corrected chi connectivity index (χ1v) is 6.95. The Balaban J connectivity index is 1.69. The number of hydrogen-bond donors (Lipinski definition) is 0. The van der Waals surface area contributed by atoms with E-state index in [1.54, 1.807) is 12.0 Å². The van der Waals surface area contributed by atoms with Crippen LogP contribution in [-0.4, -0.2) is 56.1 Å². The van der Waals surface area contributed by atoms with Crippen LogP contribution < -0.4 is 0 Å². The van der Waals surface area contributed by atoms with Crippen molar-refractivity contribution in [2.24, 2.45) is 5.41 Å². The van der Waals surface area contributed by atoms with Crippen molar-refractivity contribution < 1.29 is 27.8 Å². The number of nitrogens with zero attached hydrogens (tertiary/aromatic N) is 1. The number of halogens is 2. The number of carbonyl (C=O) groups is 1. The molecule has 2 heterocycles. The van der Waals surface area contributed by atoms with Gasteiger partial charge in [-0.2, -0.15) is 8.78 Å². The van der Waals surface area contributed by atoms with E-state index in [0.717, 1.165) is 12.8 Å². The number of methoxy groups -OCH3 is 1. The molecule has 0 aromatic carbocycles. The van der Waals surface area contributed by atoms with E-state index in [1.165, 1.54) is 0 Å². The number of amides is 1. The molecule has 5 nitrogen and oxygen atoms in total. The molecule has 1 amide bonds. The van der Waals surface area contributed by atoms with Crippen molar-refractivity contribution in [2.45, 2.75) is 44.2 Å². The van der Waals surface area contributed by atoms with Crippen molar-refractivity contribution in [3.05, 3.63) is 0 Å². The van der Waals surface area contributed by atoms with Crippen LogP contribution in [0.1, 0.15) is 25.7 Å². The number of carbonyl (C=O) groups excluding carboxylic acids is 1. The molecular formula is C13H19F2NO4. The van der Waals surface area contributed by atoms with Crippen LogP contribution in [0.4, 0.5) is 8.78 Å². The van der Waals surface area contributed by atoms with Gasteiger partial charge in [0.05, 0.1) is 12.7 Å². The molecule has 114 valence electrons. The summed E-state index contributed by atoms with van der Waals surface area (Å²) >= 11 is 0. The number of fused-ring (bicyclic) bond motifs is 1. The summed E-state index contributed by atoms with van der Waals surface area (Å²) in [7, 11) is 1.57. The van der Waals surface area contributed by atoms with Gasteiger partial charge >= 0.3 is 6.61 Å². The third-order valence-corrected chi connectivity index (χ3v) is 4.87. The highest BCUT2D eigenvalue weighted by atomic mass is 19.3. The molecule has 1 saturated carbocycles. The molecule has 0 N–H and O–H groups in total. The Morgan fingerprint density at radius 1 is 1.35 bits per heavy atom. The minimum Gasteiger partial charge on any atom is -0.352 e. The second kappa shape index (κ2) is 4.89. The largest absolute Gasteiger partial charge is 0.352 e. The van der Waals surface area contributed by atoms with E-state index in [-0.39, 0.29) is 19.0 Å². The highest BCUT2D eigenvalue weighted by Crippen LogP contribution is 2.56. The number of alkyl halides is 2. The Morgan fingerprint density at radius 3 is 2.75 bits per heavy atom. The summed E-state index contributed by atoms with van der Waals surface area (Å²) in [5.74, 6) is -0.859. The predicted octanol–water partition coefficient (Wildman–Crippen LogP) is 1.37. The first-order valence-electron chi connectivity index (χ1n) is 6.95. The fourth-order valence-corrected chi connectivity index (χ4v) is 3.84. The van der Waals surface area contributed by atoms with Crippen LogP contribution in [0.5, 0.6) is 0 Å². The highest BCUT2D eigenvalue weighted by molar-refractivity contribution is 5.85. The molecule has 1 aliphatic carbocycles. The Kier molecular flexibility index (Phi) is 3.46. The minimum atomic E-state index is -2.78. The fraction of sp³-hybridized carbons (Fsp3) is 0.923. The summed E-state index contributed by atoms with van der Waals surface area (Å²) in [5.41, 5.74) is -0.641. The maximum absolute atomic E-state index is 12.7. The zero-order valence-electron chi connectivity index (χ0n) is 11.4. The van der Waals surface area contributed by atoms with E-state index in [9.17, 15) is 13.6 Å². The van der Waals surface area contributed by atoms with Crippen LogP contribution in [0.15, 0.2) is 0 Å². The Hall–Kier alpha value is -0.790. The lowest BCUT2D eigenvalue weighted by Gasteiger charge is -2.45. The third kappa shape index (κ3) is 1.87. The lowest BCUT2D eigenvalue weighted by molar-refractivity contribution is -0.240. The molecule has 0 aromatic rings. The van der Waals surface area contributed by atoms with Gasteiger partial charge < -0.3 is 19.1 Å². The molecular weight excluding hydrogens is 272 g/mol. The van der Waals surface area contributed by atoms with E-state index >= 15 is 0 Å². The molecule has 2 atom stereocenters. The Morgan fingerprint density at radius 2 is 2.10 bits per heavy atom. The number of ether oxygens (including phenoxy) is 3. The van der Waals surface area contributed by atoms with Crippen LogP contribution in [-0.2, 0) is 19.0 Å². The van der Waals surface area contributed by atoms with E-state index in [1.807, 2.05) is 0 Å². The number of rotatable bonds is 4. The first kappa shape index (κ1) is 14.2. The van der Waals surface area contributed by atoms with Gasteiger partial charge in [0, 0.05) is 26.6 Å². The summed E-state index contributed by atoms with van der Waals surface area (Å²) in [4.78, 5) is 14.3. The molecule has 0 radical (unpaired) electrons. The van der Waals surface area contributed by atoms with Gasteiger partial charge in [0.2, 0.25) is 5.91 Å². The molecule has 0 unspecified atom stereocenters. The average molecular weight is 291 g/mol. The SMILES string of the molecule is CO[C@]12CCC[C@@]1(C(=O)N1CC(OC(F)F)C1)CCO2. The van der Waals surface area contributed by atoms with Crippen LogP contribution >= 0.6 is 0 Å². The lowest BCUT2D eigenvalue weighted by atomic mass is 9.78. The predicted molar refractivity (Wildman–Crippen MR) is 64.1 cm³/mol. The molecule has 2 saturated heterocycles. The molecule has 2 aliphatic heterocycles. The van der Waals surface area contributed by atoms with Crippen molar-refractivity contribution in [1.29, 1.82) is 0 Å². The summed E-state index contributed by atoms with van der Waals surface area (Å²) in [5, 5.41) is 0. The van der Waals surface area contributed by atoms with Crippen LogP contribution in [0.3, 0.4) is 0 Å². The molecule has 20 heavy (non-hydrogen) atoms. The smallest absolute Gasteiger partial charge is 0.345 e. The average Bonchev–Trinajstić information content (AvgIpc) is 2.87. The monoisotopic (exact) mass is 291 g/mol. The van der Waals surface area contributed by atoms with E-state index in [2.05, 4.69) is 4.74 Å². The Bertz CT molecular complexity index is 388.